The molecule has 2 aromatic rings. The van der Waals surface area contributed by atoms with Crippen LogP contribution in [0.15, 0.2) is 46.0 Å². The third-order valence-corrected chi connectivity index (χ3v) is 3.36. The van der Waals surface area contributed by atoms with Crippen LogP contribution in [0.2, 0.25) is 0 Å². The molecular formula is C10H7BrN2S2. The summed E-state index contributed by atoms with van der Waals surface area (Å²) in [5, 5.41) is 0. The van der Waals surface area contributed by atoms with Gasteiger partial charge < -0.3 is 0 Å². The third-order valence-electron chi connectivity index (χ3n) is 1.84. The zero-order valence-corrected chi connectivity index (χ0v) is 10.9. The molecule has 5 heteroatoms. The van der Waals surface area contributed by atoms with Gasteiger partial charge in [0.1, 0.15) is 0 Å². The van der Waals surface area contributed by atoms with Gasteiger partial charge in [-0.2, -0.15) is 0 Å². The lowest BCUT2D eigenvalue weighted by molar-refractivity contribution is 1.16. The maximum atomic E-state index is 4.22. The van der Waals surface area contributed by atoms with E-state index in [1.807, 2.05) is 24.3 Å². The van der Waals surface area contributed by atoms with E-state index in [4.69, 9.17) is 0 Å². The minimum absolute atomic E-state index is 0.730. The van der Waals surface area contributed by atoms with Gasteiger partial charge in [0, 0.05) is 22.9 Å². The highest BCUT2D eigenvalue weighted by atomic mass is 79.9. The zero-order valence-electron chi connectivity index (χ0n) is 7.59. The SMILES string of the molecule is SSc1ccc(-c2ncc(Br)cn2)cc1. The van der Waals surface area contributed by atoms with Crippen molar-refractivity contribution in [2.75, 3.05) is 0 Å². The maximum Gasteiger partial charge on any atom is 0.159 e. The molecule has 1 heterocycles. The summed E-state index contributed by atoms with van der Waals surface area (Å²) in [6.45, 7) is 0. The molecule has 0 amide bonds. The van der Waals surface area contributed by atoms with E-state index in [9.17, 15) is 0 Å². The van der Waals surface area contributed by atoms with Crippen LogP contribution in [0.25, 0.3) is 11.4 Å². The molecule has 76 valence electrons. The van der Waals surface area contributed by atoms with Crippen LogP contribution in [-0.4, -0.2) is 9.97 Å². The molecule has 2 rings (SSSR count). The first-order valence-corrected chi connectivity index (χ1v) is 6.85. The summed E-state index contributed by atoms with van der Waals surface area (Å²) in [7, 11) is 1.42. The van der Waals surface area contributed by atoms with Gasteiger partial charge in [-0.05, 0) is 28.1 Å². The predicted octanol–water partition coefficient (Wildman–Crippen LogP) is 3.84. The van der Waals surface area contributed by atoms with E-state index in [0.717, 1.165) is 20.8 Å². The maximum absolute atomic E-state index is 4.22. The molecule has 0 atom stereocenters. The van der Waals surface area contributed by atoms with E-state index < -0.39 is 0 Å². The molecule has 0 aliphatic carbocycles. The van der Waals surface area contributed by atoms with Gasteiger partial charge in [0.25, 0.3) is 0 Å². The fraction of sp³-hybridized carbons (Fsp3) is 0. The molecule has 15 heavy (non-hydrogen) atoms. The molecule has 0 bridgehead atoms. The molecule has 1 aromatic carbocycles. The molecule has 1 aromatic heterocycles. The Kier molecular flexibility index (Phi) is 3.66. The summed E-state index contributed by atoms with van der Waals surface area (Å²) in [6, 6.07) is 7.97. The van der Waals surface area contributed by atoms with Crippen LogP contribution in [0.5, 0.6) is 0 Å². The van der Waals surface area contributed by atoms with Gasteiger partial charge in [-0.1, -0.05) is 22.9 Å². The molecule has 0 spiro atoms. The lowest BCUT2D eigenvalue weighted by atomic mass is 10.2. The number of nitrogens with zero attached hydrogens (tertiary/aromatic N) is 2. The van der Waals surface area contributed by atoms with Gasteiger partial charge in [0.15, 0.2) is 5.82 Å². The van der Waals surface area contributed by atoms with Crippen LogP contribution in [-0.2, 0) is 0 Å². The summed E-state index contributed by atoms with van der Waals surface area (Å²) in [4.78, 5) is 9.55. The van der Waals surface area contributed by atoms with Gasteiger partial charge in [0.05, 0.1) is 4.47 Å². The number of hydrogen-bond donors (Lipinski definition) is 1. The van der Waals surface area contributed by atoms with Crippen molar-refractivity contribution in [3.63, 3.8) is 0 Å². The van der Waals surface area contributed by atoms with Crippen LogP contribution >= 0.6 is 38.4 Å². The topological polar surface area (TPSA) is 25.8 Å². The number of hydrogen-bond acceptors (Lipinski definition) is 4. The molecule has 0 aliphatic rings. The molecule has 0 saturated carbocycles. The van der Waals surface area contributed by atoms with Crippen molar-refractivity contribution >= 4 is 38.4 Å². The Hall–Kier alpha value is -0.520. The fourth-order valence-electron chi connectivity index (χ4n) is 1.13. The third kappa shape index (κ3) is 2.74. The Balaban J connectivity index is 2.33. The van der Waals surface area contributed by atoms with E-state index >= 15 is 0 Å². The number of rotatable bonds is 2. The first-order chi connectivity index (χ1) is 7.29. The standard InChI is InChI=1S/C10H7BrN2S2/c11-8-5-12-10(13-6-8)7-1-3-9(15-14)4-2-7/h1-6,14H. The summed E-state index contributed by atoms with van der Waals surface area (Å²) in [5.74, 6) is 0.730. The number of benzene rings is 1. The van der Waals surface area contributed by atoms with Gasteiger partial charge in [-0.15, -0.1) is 11.7 Å². The van der Waals surface area contributed by atoms with Crippen molar-refractivity contribution < 1.29 is 0 Å². The largest absolute Gasteiger partial charge is 0.235 e. The molecule has 2 nitrogen and oxygen atoms in total. The minimum Gasteiger partial charge on any atom is -0.235 e. The van der Waals surface area contributed by atoms with E-state index in [0.29, 0.717) is 0 Å². The molecule has 0 fully saturated rings. The normalized spacial score (nSPS) is 10.3. The average molecular weight is 299 g/mol. The number of halogens is 1. The molecule has 0 aliphatic heterocycles. The monoisotopic (exact) mass is 298 g/mol. The van der Waals surface area contributed by atoms with Crippen LogP contribution in [0.1, 0.15) is 0 Å². The Morgan fingerprint density at radius 3 is 2.20 bits per heavy atom. The quantitative estimate of drug-likeness (QED) is 0.674. The lowest BCUT2D eigenvalue weighted by Crippen LogP contribution is -1.87. The van der Waals surface area contributed by atoms with Crippen molar-refractivity contribution in [1.29, 1.82) is 0 Å². The molecular weight excluding hydrogens is 292 g/mol. The van der Waals surface area contributed by atoms with E-state index in [-0.39, 0.29) is 0 Å². The van der Waals surface area contributed by atoms with Gasteiger partial charge in [-0.3, -0.25) is 0 Å². The lowest BCUT2D eigenvalue weighted by Gasteiger charge is -2.00. The molecule has 0 radical (unpaired) electrons. The smallest absolute Gasteiger partial charge is 0.159 e. The van der Waals surface area contributed by atoms with E-state index in [2.05, 4.69) is 37.6 Å². The van der Waals surface area contributed by atoms with Crippen LogP contribution in [0, 0.1) is 0 Å². The second-order valence-corrected chi connectivity index (χ2v) is 4.96. The first-order valence-electron chi connectivity index (χ1n) is 4.19. The number of aromatic nitrogens is 2. The second-order valence-electron chi connectivity index (χ2n) is 2.84. The van der Waals surface area contributed by atoms with Crippen LogP contribution in [0.3, 0.4) is 0 Å². The first kappa shape index (κ1) is 11.0. The van der Waals surface area contributed by atoms with Crippen LogP contribution in [0.4, 0.5) is 0 Å². The van der Waals surface area contributed by atoms with Crippen molar-refractivity contribution in [3.8, 4) is 11.4 Å². The fourth-order valence-corrected chi connectivity index (χ4v) is 1.95. The highest BCUT2D eigenvalue weighted by molar-refractivity contribution is 9.10. The van der Waals surface area contributed by atoms with E-state index in [1.165, 1.54) is 10.8 Å². The van der Waals surface area contributed by atoms with Crippen molar-refractivity contribution in [1.82, 2.24) is 9.97 Å². The highest BCUT2D eigenvalue weighted by Gasteiger charge is 2.00. The van der Waals surface area contributed by atoms with Gasteiger partial charge in [0.2, 0.25) is 0 Å². The Morgan fingerprint density at radius 2 is 1.67 bits per heavy atom. The van der Waals surface area contributed by atoms with Crippen molar-refractivity contribution in [3.05, 3.63) is 41.1 Å². The van der Waals surface area contributed by atoms with E-state index in [1.54, 1.807) is 12.4 Å². The second kappa shape index (κ2) is 5.01. The summed E-state index contributed by atoms with van der Waals surface area (Å²) in [5.41, 5.74) is 1.01. The molecule has 0 unspecified atom stereocenters. The molecule has 0 N–H and O–H groups in total. The van der Waals surface area contributed by atoms with Gasteiger partial charge >= 0.3 is 0 Å². The number of thiol groups is 1. The summed E-state index contributed by atoms with van der Waals surface area (Å²) in [6.07, 6.45) is 3.48. The van der Waals surface area contributed by atoms with Crippen LogP contribution < -0.4 is 0 Å². The van der Waals surface area contributed by atoms with Gasteiger partial charge in [-0.25, -0.2) is 9.97 Å². The average Bonchev–Trinajstić information content (AvgIpc) is 2.30. The zero-order chi connectivity index (χ0) is 10.7. The predicted molar refractivity (Wildman–Crippen MR) is 70.0 cm³/mol. The highest BCUT2D eigenvalue weighted by Crippen LogP contribution is 2.24. The Bertz CT molecular complexity index is 442. The summed E-state index contributed by atoms with van der Waals surface area (Å²) >= 11 is 7.43. The van der Waals surface area contributed by atoms with Crippen molar-refractivity contribution in [2.45, 2.75) is 4.90 Å². The Morgan fingerprint density at radius 1 is 1.07 bits per heavy atom. The summed E-state index contributed by atoms with van der Waals surface area (Å²) < 4.78 is 0.883. The minimum atomic E-state index is 0.730. The van der Waals surface area contributed by atoms with Crippen molar-refractivity contribution in [2.24, 2.45) is 0 Å². The Labute approximate surface area is 105 Å². The molecule has 0 saturated heterocycles.